The fourth-order valence-corrected chi connectivity index (χ4v) is 1.83. The topological polar surface area (TPSA) is 26.3 Å². The lowest BCUT2D eigenvalue weighted by atomic mass is 10.2. The molecule has 0 unspecified atom stereocenters. The molecule has 7 heteroatoms. The molecule has 0 radical (unpaired) electrons. The number of alkyl halides is 3. The van der Waals surface area contributed by atoms with E-state index in [4.69, 9.17) is 4.74 Å². The highest BCUT2D eigenvalue weighted by atomic mass is 79.9. The summed E-state index contributed by atoms with van der Waals surface area (Å²) in [5.74, 6) is 0.0729. The van der Waals surface area contributed by atoms with Crippen LogP contribution in [0.25, 0.3) is 0 Å². The molecule has 0 aliphatic heterocycles. The maximum atomic E-state index is 11.8. The van der Waals surface area contributed by atoms with Crippen molar-refractivity contribution in [3.63, 3.8) is 0 Å². The van der Waals surface area contributed by atoms with Gasteiger partial charge in [-0.05, 0) is 30.0 Å². The Morgan fingerprint density at radius 1 is 1.41 bits per heavy atom. The van der Waals surface area contributed by atoms with Crippen LogP contribution >= 0.6 is 27.7 Å². The summed E-state index contributed by atoms with van der Waals surface area (Å²) in [7, 11) is 0. The maximum absolute atomic E-state index is 11.8. The number of thioether (sulfide) groups is 1. The van der Waals surface area contributed by atoms with Crippen LogP contribution < -0.4 is 4.74 Å². The van der Waals surface area contributed by atoms with Crippen LogP contribution in [-0.2, 0) is 0 Å². The summed E-state index contributed by atoms with van der Waals surface area (Å²) in [6, 6.07) is 4.73. The van der Waals surface area contributed by atoms with Gasteiger partial charge in [0, 0.05) is 10.2 Å². The van der Waals surface area contributed by atoms with Crippen molar-refractivity contribution >= 4 is 34.0 Å². The van der Waals surface area contributed by atoms with Crippen molar-refractivity contribution in [3.8, 4) is 5.75 Å². The first-order valence-corrected chi connectivity index (χ1v) is 6.28. The number of halogens is 4. The van der Waals surface area contributed by atoms with Crippen LogP contribution in [0.5, 0.6) is 5.75 Å². The smallest absolute Gasteiger partial charge is 0.441 e. The third kappa shape index (κ3) is 5.45. The van der Waals surface area contributed by atoms with E-state index in [0.29, 0.717) is 16.3 Å². The molecule has 17 heavy (non-hydrogen) atoms. The Labute approximate surface area is 109 Å². The minimum atomic E-state index is -4.25. The van der Waals surface area contributed by atoms with E-state index in [0.717, 1.165) is 0 Å². The quantitative estimate of drug-likeness (QED) is 0.605. The van der Waals surface area contributed by atoms with Gasteiger partial charge in [-0.3, -0.25) is 4.79 Å². The molecule has 0 heterocycles. The zero-order valence-electron chi connectivity index (χ0n) is 8.46. The predicted octanol–water partition coefficient (Wildman–Crippen LogP) is 3.89. The highest BCUT2D eigenvalue weighted by molar-refractivity contribution is 9.10. The molecule has 0 atom stereocenters. The van der Waals surface area contributed by atoms with Gasteiger partial charge in [-0.15, -0.1) is 0 Å². The Hall–Kier alpha value is -0.690. The van der Waals surface area contributed by atoms with E-state index >= 15 is 0 Å². The molecule has 0 spiro atoms. The lowest BCUT2D eigenvalue weighted by Crippen LogP contribution is -2.08. The van der Waals surface area contributed by atoms with Gasteiger partial charge in [0.05, 0.1) is 12.2 Å². The lowest BCUT2D eigenvalue weighted by molar-refractivity contribution is -0.0329. The van der Waals surface area contributed by atoms with Crippen molar-refractivity contribution in [2.75, 3.05) is 12.4 Å². The minimum absolute atomic E-state index is 0.105. The van der Waals surface area contributed by atoms with Crippen molar-refractivity contribution in [1.82, 2.24) is 0 Å². The monoisotopic (exact) mass is 328 g/mol. The number of carbonyl (C=O) groups is 1. The molecule has 1 rings (SSSR count). The molecule has 2 nitrogen and oxygen atoms in total. The summed E-state index contributed by atoms with van der Waals surface area (Å²) >= 11 is 3.02. The molecule has 0 fully saturated rings. The van der Waals surface area contributed by atoms with Crippen LogP contribution in [0.3, 0.4) is 0 Å². The van der Waals surface area contributed by atoms with Crippen LogP contribution in [0.15, 0.2) is 22.7 Å². The largest absolute Gasteiger partial charge is 0.492 e. The molecule has 94 valence electrons. The van der Waals surface area contributed by atoms with Crippen LogP contribution in [0.4, 0.5) is 13.2 Å². The molecule has 1 aromatic carbocycles. The molecule has 0 amide bonds. The van der Waals surface area contributed by atoms with E-state index in [9.17, 15) is 18.0 Å². The zero-order valence-corrected chi connectivity index (χ0v) is 10.9. The van der Waals surface area contributed by atoms with Gasteiger partial charge in [0.15, 0.2) is 6.29 Å². The number of hydrogen-bond acceptors (Lipinski definition) is 3. The van der Waals surface area contributed by atoms with Crippen LogP contribution in [0, 0.1) is 0 Å². The summed E-state index contributed by atoms with van der Waals surface area (Å²) in [4.78, 5) is 10.7. The predicted molar refractivity (Wildman–Crippen MR) is 63.5 cm³/mol. The van der Waals surface area contributed by atoms with Gasteiger partial charge in [-0.1, -0.05) is 15.9 Å². The average Bonchev–Trinajstić information content (AvgIpc) is 2.24. The van der Waals surface area contributed by atoms with Gasteiger partial charge < -0.3 is 4.74 Å². The molecular weight excluding hydrogens is 321 g/mol. The van der Waals surface area contributed by atoms with Gasteiger partial charge in [0.1, 0.15) is 5.75 Å². The number of benzene rings is 1. The average molecular weight is 329 g/mol. The van der Waals surface area contributed by atoms with Crippen molar-refractivity contribution < 1.29 is 22.7 Å². The SMILES string of the molecule is O=Cc1cc(Br)ccc1OCCSC(F)(F)F. The first-order valence-electron chi connectivity index (χ1n) is 4.50. The van der Waals surface area contributed by atoms with Crippen molar-refractivity contribution in [1.29, 1.82) is 0 Å². The lowest BCUT2D eigenvalue weighted by Gasteiger charge is -2.09. The molecule has 0 saturated heterocycles. The molecule has 1 aromatic rings. The standard InChI is InChI=1S/C10H8BrF3O2S/c11-8-1-2-9(7(5-8)6-15)16-3-4-17-10(12,13)14/h1-2,5-6H,3-4H2. The van der Waals surface area contributed by atoms with Crippen LogP contribution in [-0.4, -0.2) is 24.2 Å². The first-order chi connectivity index (χ1) is 7.92. The van der Waals surface area contributed by atoms with Crippen LogP contribution in [0.1, 0.15) is 10.4 Å². The highest BCUT2D eigenvalue weighted by Crippen LogP contribution is 2.30. The number of carbonyl (C=O) groups excluding carboxylic acids is 1. The summed E-state index contributed by atoms with van der Waals surface area (Å²) in [6.07, 6.45) is 0.594. The molecule has 0 aromatic heterocycles. The van der Waals surface area contributed by atoms with E-state index in [2.05, 4.69) is 15.9 Å². The van der Waals surface area contributed by atoms with Gasteiger partial charge >= 0.3 is 5.51 Å². The Balaban J connectivity index is 2.49. The summed E-state index contributed by atoms with van der Waals surface area (Å²) in [5, 5.41) is 0. The van der Waals surface area contributed by atoms with Gasteiger partial charge in [-0.2, -0.15) is 13.2 Å². The molecule has 0 saturated carbocycles. The number of hydrogen-bond donors (Lipinski definition) is 0. The van der Waals surface area contributed by atoms with E-state index in [1.807, 2.05) is 0 Å². The minimum Gasteiger partial charge on any atom is -0.492 e. The Morgan fingerprint density at radius 3 is 2.71 bits per heavy atom. The molecular formula is C10H8BrF3O2S. The van der Waals surface area contributed by atoms with Crippen molar-refractivity contribution in [2.45, 2.75) is 5.51 Å². The van der Waals surface area contributed by atoms with E-state index in [-0.39, 0.29) is 29.9 Å². The maximum Gasteiger partial charge on any atom is 0.441 e. The second-order valence-corrected chi connectivity index (χ2v) is 5.02. The van der Waals surface area contributed by atoms with Crippen LogP contribution in [0.2, 0.25) is 0 Å². The second kappa shape index (κ2) is 6.30. The molecule has 0 N–H and O–H groups in total. The Morgan fingerprint density at radius 2 is 2.12 bits per heavy atom. The van der Waals surface area contributed by atoms with Crippen molar-refractivity contribution in [2.24, 2.45) is 0 Å². The van der Waals surface area contributed by atoms with E-state index in [1.165, 1.54) is 6.07 Å². The van der Waals surface area contributed by atoms with E-state index < -0.39 is 5.51 Å². The Bertz CT molecular complexity index is 396. The number of aldehydes is 1. The third-order valence-corrected chi connectivity index (χ3v) is 2.90. The normalized spacial score (nSPS) is 11.3. The Kier molecular flexibility index (Phi) is 5.32. The number of ether oxygens (including phenoxy) is 1. The fraction of sp³-hybridized carbons (Fsp3) is 0.300. The zero-order chi connectivity index (χ0) is 12.9. The van der Waals surface area contributed by atoms with Crippen molar-refractivity contribution in [3.05, 3.63) is 28.2 Å². The highest BCUT2D eigenvalue weighted by Gasteiger charge is 2.27. The molecule has 0 aliphatic carbocycles. The fourth-order valence-electron chi connectivity index (χ4n) is 1.05. The first kappa shape index (κ1) is 14.4. The van der Waals surface area contributed by atoms with E-state index in [1.54, 1.807) is 12.1 Å². The number of rotatable bonds is 5. The summed E-state index contributed by atoms with van der Waals surface area (Å²) in [6.45, 7) is -0.105. The summed E-state index contributed by atoms with van der Waals surface area (Å²) in [5.41, 5.74) is -3.95. The third-order valence-electron chi connectivity index (χ3n) is 1.71. The molecule has 0 aliphatic rings. The summed E-state index contributed by atoms with van der Waals surface area (Å²) < 4.78 is 41.3. The van der Waals surface area contributed by atoms with Gasteiger partial charge in [0.25, 0.3) is 0 Å². The molecule has 0 bridgehead atoms. The second-order valence-electron chi connectivity index (χ2n) is 2.94. The van der Waals surface area contributed by atoms with Gasteiger partial charge in [0.2, 0.25) is 0 Å². The van der Waals surface area contributed by atoms with Gasteiger partial charge in [-0.25, -0.2) is 0 Å².